The number of cyclic esters (lactones) is 1. The topological polar surface area (TPSA) is 95.0 Å². The minimum Gasteiger partial charge on any atom is -0.457 e. The Hall–Kier alpha value is -2.64. The van der Waals surface area contributed by atoms with Gasteiger partial charge < -0.3 is 34.0 Å². The van der Waals surface area contributed by atoms with Gasteiger partial charge in [0, 0.05) is 64.0 Å². The summed E-state index contributed by atoms with van der Waals surface area (Å²) in [4.78, 5) is 32.2. The van der Waals surface area contributed by atoms with Gasteiger partial charge in [0.25, 0.3) is 0 Å². The van der Waals surface area contributed by atoms with Crippen LogP contribution in [0.25, 0.3) is 6.08 Å². The van der Waals surface area contributed by atoms with Crippen molar-refractivity contribution >= 4 is 35.8 Å². The van der Waals surface area contributed by atoms with Crippen LogP contribution in [-0.4, -0.2) is 127 Å². The van der Waals surface area contributed by atoms with Gasteiger partial charge in [-0.2, -0.15) is 0 Å². The third-order valence-electron chi connectivity index (χ3n) is 9.51. The number of benzene rings is 1. The average molecular weight is 675 g/mol. The minimum atomic E-state index is -0.866. The second kappa shape index (κ2) is 16.6. The van der Waals surface area contributed by atoms with Gasteiger partial charge in [0.05, 0.1) is 31.0 Å². The molecular formula is C35H51FN4O6S. The molecule has 0 bridgehead atoms. The Bertz CT molecular complexity index is 1280. The number of amides is 1. The number of piperazine rings is 2. The quantitative estimate of drug-likeness (QED) is 0.265. The van der Waals surface area contributed by atoms with Crippen LogP contribution in [-0.2, 0) is 19.0 Å². The van der Waals surface area contributed by atoms with E-state index in [0.717, 1.165) is 63.7 Å². The third-order valence-corrected chi connectivity index (χ3v) is 10.7. The van der Waals surface area contributed by atoms with Gasteiger partial charge in [-0.15, -0.1) is 0 Å². The van der Waals surface area contributed by atoms with Crippen LogP contribution in [0.15, 0.2) is 35.9 Å². The Kier molecular flexibility index (Phi) is 12.6. The fourth-order valence-electron chi connectivity index (χ4n) is 6.37. The summed E-state index contributed by atoms with van der Waals surface area (Å²) in [7, 11) is 2.04. The molecule has 3 fully saturated rings. The molecule has 0 saturated carbocycles. The maximum atomic E-state index is 14.9. The first-order chi connectivity index (χ1) is 22.5. The summed E-state index contributed by atoms with van der Waals surface area (Å²) in [6.07, 6.45) is 4.19. The molecule has 260 valence electrons. The Balaban J connectivity index is 1.30. The van der Waals surface area contributed by atoms with Gasteiger partial charge in [0.1, 0.15) is 18.0 Å². The van der Waals surface area contributed by atoms with E-state index >= 15 is 0 Å². The Labute approximate surface area is 283 Å². The number of aliphatic hydroxyl groups is 1. The highest BCUT2D eigenvalue weighted by Crippen LogP contribution is 2.29. The molecule has 4 aliphatic rings. The molecule has 1 aromatic carbocycles. The van der Waals surface area contributed by atoms with E-state index in [0.29, 0.717) is 36.7 Å². The van der Waals surface area contributed by atoms with Crippen molar-refractivity contribution in [1.82, 2.24) is 14.1 Å². The average Bonchev–Trinajstić information content (AvgIpc) is 3.02. The molecule has 10 nitrogen and oxygen atoms in total. The lowest BCUT2D eigenvalue weighted by molar-refractivity contribution is -0.151. The maximum Gasteiger partial charge on any atom is 0.410 e. The van der Waals surface area contributed by atoms with Gasteiger partial charge in [0.2, 0.25) is 0 Å². The number of halogens is 1. The van der Waals surface area contributed by atoms with E-state index in [4.69, 9.17) is 14.2 Å². The first-order valence-corrected chi connectivity index (χ1v) is 17.8. The van der Waals surface area contributed by atoms with Crippen LogP contribution >= 0.6 is 11.9 Å². The zero-order valence-corrected chi connectivity index (χ0v) is 29.0. The van der Waals surface area contributed by atoms with Crippen molar-refractivity contribution in [3.8, 4) is 0 Å². The summed E-state index contributed by atoms with van der Waals surface area (Å²) in [5.74, 6) is -1.14. The SMILES string of the molecule is C/C(=C\c1cc(F)cc(N2CCN(SC3COC3)CC2)c1)[C@H]1OC(=O)C[C@H](O)CC[C@H](C)[C@@H](OC(=O)N2CCN(C)CC2)/C=C/[C@@H]1C. The van der Waals surface area contributed by atoms with Crippen molar-refractivity contribution in [2.24, 2.45) is 11.8 Å². The van der Waals surface area contributed by atoms with Gasteiger partial charge in [-0.3, -0.25) is 4.79 Å². The first-order valence-electron chi connectivity index (χ1n) is 17.0. The van der Waals surface area contributed by atoms with Crippen molar-refractivity contribution in [2.75, 3.05) is 77.5 Å². The fraction of sp³-hybridized carbons (Fsp3) is 0.657. The van der Waals surface area contributed by atoms with E-state index in [-0.39, 0.29) is 30.2 Å². The number of hydrogen-bond donors (Lipinski definition) is 1. The molecule has 47 heavy (non-hydrogen) atoms. The maximum absolute atomic E-state index is 14.9. The van der Waals surface area contributed by atoms with E-state index in [2.05, 4.69) is 14.1 Å². The molecule has 1 N–H and O–H groups in total. The van der Waals surface area contributed by atoms with Crippen LogP contribution in [0, 0.1) is 17.7 Å². The molecule has 0 aliphatic carbocycles. The molecule has 5 rings (SSSR count). The number of aliphatic hydroxyl groups excluding tert-OH is 1. The summed E-state index contributed by atoms with van der Waals surface area (Å²) in [5, 5.41) is 11.2. The molecule has 0 aromatic heterocycles. The van der Waals surface area contributed by atoms with E-state index in [1.165, 1.54) is 6.07 Å². The van der Waals surface area contributed by atoms with Crippen LogP contribution in [0.2, 0.25) is 0 Å². The summed E-state index contributed by atoms with van der Waals surface area (Å²) in [6.45, 7) is 13.6. The Morgan fingerprint density at radius 2 is 1.74 bits per heavy atom. The number of anilines is 1. The smallest absolute Gasteiger partial charge is 0.410 e. The fourth-order valence-corrected chi connectivity index (χ4v) is 7.48. The molecule has 0 radical (unpaired) electrons. The molecular weight excluding hydrogens is 623 g/mol. The van der Waals surface area contributed by atoms with Crippen molar-refractivity contribution < 1.29 is 33.3 Å². The Morgan fingerprint density at radius 3 is 2.43 bits per heavy atom. The number of nitrogens with zero attached hydrogens (tertiary/aromatic N) is 4. The molecule has 4 aliphatic heterocycles. The molecule has 12 heteroatoms. The van der Waals surface area contributed by atoms with Crippen LogP contribution < -0.4 is 4.90 Å². The zero-order valence-electron chi connectivity index (χ0n) is 28.2. The standard InChI is InChI=1S/C35H51FN4O6S/c1-24-5-7-30(41)21-33(42)46-34(25(2)6-8-32(24)45-35(43)39-11-9-37(4)10-12-39)26(3)17-27-18-28(36)20-29(19-27)38-13-15-40(16-14-38)47-31-22-44-23-31/h6,8,17-20,24-25,30-32,34,41H,5,7,9-16,21-23H2,1-4H3/b8-6+,26-17+/t24-,25-,30+,32-,34-/m0/s1. The normalized spacial score (nSPS) is 30.1. The summed E-state index contributed by atoms with van der Waals surface area (Å²) in [6, 6.07) is 5.04. The van der Waals surface area contributed by atoms with Crippen molar-refractivity contribution in [2.45, 2.75) is 63.6 Å². The third kappa shape index (κ3) is 10.2. The lowest BCUT2D eigenvalue weighted by Crippen LogP contribution is -2.48. The highest BCUT2D eigenvalue weighted by atomic mass is 32.2. The number of ether oxygens (including phenoxy) is 3. The monoisotopic (exact) mass is 674 g/mol. The van der Waals surface area contributed by atoms with Crippen molar-refractivity contribution in [1.29, 1.82) is 0 Å². The van der Waals surface area contributed by atoms with Crippen molar-refractivity contribution in [3.63, 3.8) is 0 Å². The number of carbonyl (C=O) groups excluding carboxylic acids is 2. The number of esters is 1. The minimum absolute atomic E-state index is 0.0616. The number of hydrogen-bond acceptors (Lipinski definition) is 10. The second-order valence-electron chi connectivity index (χ2n) is 13.5. The predicted molar refractivity (Wildman–Crippen MR) is 183 cm³/mol. The van der Waals surface area contributed by atoms with Gasteiger partial charge in [-0.05, 0) is 68.1 Å². The van der Waals surface area contributed by atoms with Crippen LogP contribution in [0.3, 0.4) is 0 Å². The van der Waals surface area contributed by atoms with Crippen LogP contribution in [0.4, 0.5) is 14.9 Å². The summed E-state index contributed by atoms with van der Waals surface area (Å²) >= 11 is 1.86. The van der Waals surface area contributed by atoms with E-state index in [9.17, 15) is 19.1 Å². The first kappa shape index (κ1) is 35.7. The Morgan fingerprint density at radius 1 is 1.02 bits per heavy atom. The molecule has 0 unspecified atom stereocenters. The lowest BCUT2D eigenvalue weighted by atomic mass is 9.91. The molecule has 0 spiro atoms. The van der Waals surface area contributed by atoms with E-state index < -0.39 is 24.3 Å². The predicted octanol–water partition coefficient (Wildman–Crippen LogP) is 4.44. The number of rotatable bonds is 6. The van der Waals surface area contributed by atoms with Gasteiger partial charge >= 0.3 is 12.1 Å². The summed E-state index contributed by atoms with van der Waals surface area (Å²) < 4.78 is 34.6. The second-order valence-corrected chi connectivity index (χ2v) is 14.9. The van der Waals surface area contributed by atoms with E-state index in [1.54, 1.807) is 11.0 Å². The summed E-state index contributed by atoms with van der Waals surface area (Å²) in [5.41, 5.74) is 2.26. The van der Waals surface area contributed by atoms with E-state index in [1.807, 2.05) is 64.1 Å². The molecule has 1 aromatic rings. The van der Waals surface area contributed by atoms with Gasteiger partial charge in [-0.1, -0.05) is 37.9 Å². The zero-order chi connectivity index (χ0) is 33.5. The van der Waals surface area contributed by atoms with Gasteiger partial charge in [-0.25, -0.2) is 13.5 Å². The highest BCUT2D eigenvalue weighted by molar-refractivity contribution is 7.97. The molecule has 1 amide bonds. The van der Waals surface area contributed by atoms with Crippen molar-refractivity contribution in [3.05, 3.63) is 47.3 Å². The van der Waals surface area contributed by atoms with Crippen LogP contribution in [0.1, 0.15) is 45.6 Å². The van der Waals surface area contributed by atoms with Crippen LogP contribution in [0.5, 0.6) is 0 Å². The number of carbonyl (C=O) groups is 2. The van der Waals surface area contributed by atoms with Gasteiger partial charge in [0.15, 0.2) is 0 Å². The largest absolute Gasteiger partial charge is 0.457 e. The molecule has 4 heterocycles. The molecule has 3 saturated heterocycles. The lowest BCUT2D eigenvalue weighted by Gasteiger charge is -2.38. The highest BCUT2D eigenvalue weighted by Gasteiger charge is 2.30. The number of likely N-dealkylation sites (N-methyl/N-ethyl adjacent to an activating group) is 1. The molecule has 5 atom stereocenters.